The minimum absolute atomic E-state index is 0.608. The van der Waals surface area contributed by atoms with Gasteiger partial charge >= 0.3 is 0 Å². The van der Waals surface area contributed by atoms with Gasteiger partial charge in [0.2, 0.25) is 0 Å². The van der Waals surface area contributed by atoms with Crippen LogP contribution in [0, 0.1) is 0 Å². The maximum atomic E-state index is 10.6. The number of rotatable bonds is 6. The molecule has 2 saturated heterocycles. The Morgan fingerprint density at radius 2 is 1.92 bits per heavy atom. The monoisotopic (exact) mass is 347 g/mol. The number of hydrogen-bond acceptors (Lipinski definition) is 5. The van der Waals surface area contributed by atoms with Crippen LogP contribution in [0.25, 0.3) is 0 Å². The van der Waals surface area contributed by atoms with Crippen LogP contribution in [0.3, 0.4) is 0 Å². The number of hydrogen-bond donors (Lipinski definition) is 2. The number of aliphatic hydroxyl groups is 1. The van der Waals surface area contributed by atoms with Crippen LogP contribution in [0.4, 0.5) is 5.69 Å². The van der Waals surface area contributed by atoms with Crippen LogP contribution in [-0.4, -0.2) is 68.6 Å². The van der Waals surface area contributed by atoms with Gasteiger partial charge in [-0.25, -0.2) is 0 Å². The summed E-state index contributed by atoms with van der Waals surface area (Å²) in [6.07, 6.45) is 3.87. The fourth-order valence-corrected chi connectivity index (χ4v) is 3.94. The van der Waals surface area contributed by atoms with Crippen molar-refractivity contribution in [3.8, 4) is 0 Å². The number of nitrogens with zero attached hydrogens (tertiary/aromatic N) is 2. The van der Waals surface area contributed by atoms with Crippen molar-refractivity contribution in [1.82, 2.24) is 10.2 Å². The summed E-state index contributed by atoms with van der Waals surface area (Å²) in [5.74, 6) is 0. The Hall–Kier alpha value is -1.14. The first-order valence-corrected chi connectivity index (χ1v) is 9.57. The van der Waals surface area contributed by atoms with E-state index < -0.39 is 5.60 Å². The zero-order valence-corrected chi connectivity index (χ0v) is 15.7. The predicted molar refractivity (Wildman–Crippen MR) is 102 cm³/mol. The quantitative estimate of drug-likeness (QED) is 0.822. The molecule has 2 aliphatic rings. The summed E-state index contributed by atoms with van der Waals surface area (Å²) in [7, 11) is 4.43. The molecular weight excluding hydrogens is 314 g/mol. The van der Waals surface area contributed by atoms with Crippen molar-refractivity contribution < 1.29 is 9.84 Å². The van der Waals surface area contributed by atoms with Crippen LogP contribution in [0.2, 0.25) is 0 Å². The van der Waals surface area contributed by atoms with E-state index in [0.717, 1.165) is 19.4 Å². The van der Waals surface area contributed by atoms with Gasteiger partial charge in [0, 0.05) is 57.9 Å². The molecule has 0 bridgehead atoms. The van der Waals surface area contributed by atoms with E-state index in [2.05, 4.69) is 53.5 Å². The summed E-state index contributed by atoms with van der Waals surface area (Å²) >= 11 is 0. The lowest BCUT2D eigenvalue weighted by Crippen LogP contribution is -2.45. The summed E-state index contributed by atoms with van der Waals surface area (Å²) in [6.45, 7) is 5.08. The van der Waals surface area contributed by atoms with E-state index in [-0.39, 0.29) is 0 Å². The molecule has 3 rings (SSSR count). The lowest BCUT2D eigenvalue weighted by atomic mass is 9.94. The SMILES string of the molecule is CN1CCC(N(C)c2ccccc2CNCC2(O)CCOCC2)CC1. The second kappa shape index (κ2) is 8.49. The van der Waals surface area contributed by atoms with E-state index in [1.54, 1.807) is 0 Å². The summed E-state index contributed by atoms with van der Waals surface area (Å²) < 4.78 is 5.36. The molecule has 0 spiro atoms. The molecule has 0 saturated carbocycles. The molecule has 0 aliphatic carbocycles. The molecule has 5 nitrogen and oxygen atoms in total. The molecule has 2 fully saturated rings. The Morgan fingerprint density at radius 1 is 1.24 bits per heavy atom. The predicted octanol–water partition coefficient (Wildman–Crippen LogP) is 1.85. The molecule has 2 aliphatic heterocycles. The van der Waals surface area contributed by atoms with Gasteiger partial charge in [0.25, 0.3) is 0 Å². The Kier molecular flexibility index (Phi) is 6.34. The molecule has 25 heavy (non-hydrogen) atoms. The highest BCUT2D eigenvalue weighted by atomic mass is 16.5. The van der Waals surface area contributed by atoms with Crippen molar-refractivity contribution in [2.24, 2.45) is 0 Å². The normalized spacial score (nSPS) is 22.0. The molecule has 1 aromatic rings. The molecule has 140 valence electrons. The molecular formula is C20H33N3O2. The van der Waals surface area contributed by atoms with Gasteiger partial charge in [-0.05, 0) is 44.6 Å². The molecule has 0 radical (unpaired) electrons. The van der Waals surface area contributed by atoms with Gasteiger partial charge < -0.3 is 25.0 Å². The van der Waals surface area contributed by atoms with E-state index in [1.807, 2.05) is 0 Å². The van der Waals surface area contributed by atoms with Gasteiger partial charge in [0.1, 0.15) is 0 Å². The molecule has 0 aromatic heterocycles. The lowest BCUT2D eigenvalue weighted by molar-refractivity contribution is -0.0616. The average molecular weight is 348 g/mol. The smallest absolute Gasteiger partial charge is 0.0815 e. The van der Waals surface area contributed by atoms with Crippen molar-refractivity contribution in [2.75, 3.05) is 51.8 Å². The van der Waals surface area contributed by atoms with Crippen LogP contribution in [0.5, 0.6) is 0 Å². The van der Waals surface area contributed by atoms with Gasteiger partial charge in [0.05, 0.1) is 5.60 Å². The summed E-state index contributed by atoms with van der Waals surface area (Å²) in [6, 6.07) is 9.25. The number of ether oxygens (including phenoxy) is 1. The maximum absolute atomic E-state index is 10.6. The molecule has 0 atom stereocenters. The second-order valence-electron chi connectivity index (χ2n) is 7.71. The number of nitrogens with one attached hydrogen (secondary N) is 1. The van der Waals surface area contributed by atoms with Gasteiger partial charge in [-0.15, -0.1) is 0 Å². The zero-order chi connectivity index (χ0) is 17.7. The number of benzene rings is 1. The van der Waals surface area contributed by atoms with E-state index in [9.17, 15) is 5.11 Å². The van der Waals surface area contributed by atoms with Crippen molar-refractivity contribution in [3.05, 3.63) is 29.8 Å². The highest BCUT2D eigenvalue weighted by Gasteiger charge is 2.29. The van der Waals surface area contributed by atoms with E-state index in [1.165, 1.54) is 37.2 Å². The standard InChI is InChI=1S/C20H33N3O2/c1-22-11-7-18(8-12-22)23(2)19-6-4-3-5-17(19)15-21-16-20(24)9-13-25-14-10-20/h3-6,18,21,24H,7-16H2,1-2H3. The van der Waals surface area contributed by atoms with Crippen molar-refractivity contribution in [1.29, 1.82) is 0 Å². The summed E-state index contributed by atoms with van der Waals surface area (Å²) in [5, 5.41) is 14.1. The first kappa shape index (κ1) is 18.6. The first-order chi connectivity index (χ1) is 12.1. The fourth-order valence-electron chi connectivity index (χ4n) is 3.94. The van der Waals surface area contributed by atoms with Gasteiger partial charge in [-0.1, -0.05) is 18.2 Å². The number of likely N-dealkylation sites (tertiary alicyclic amines) is 1. The molecule has 0 unspecified atom stereocenters. The summed E-state index contributed by atoms with van der Waals surface area (Å²) in [5.41, 5.74) is 2.00. The van der Waals surface area contributed by atoms with Crippen molar-refractivity contribution >= 4 is 5.69 Å². The second-order valence-corrected chi connectivity index (χ2v) is 7.71. The molecule has 2 heterocycles. The molecule has 5 heteroatoms. The Labute approximate surface area is 152 Å². The number of piperidine rings is 1. The van der Waals surface area contributed by atoms with Gasteiger partial charge in [-0.2, -0.15) is 0 Å². The van der Waals surface area contributed by atoms with Crippen LogP contribution in [0.15, 0.2) is 24.3 Å². The highest BCUT2D eigenvalue weighted by Crippen LogP contribution is 2.26. The lowest BCUT2D eigenvalue weighted by Gasteiger charge is -2.37. The largest absolute Gasteiger partial charge is 0.388 e. The van der Waals surface area contributed by atoms with E-state index >= 15 is 0 Å². The van der Waals surface area contributed by atoms with Gasteiger partial charge in [0.15, 0.2) is 0 Å². The number of para-hydroxylation sites is 1. The third-order valence-electron chi connectivity index (χ3n) is 5.80. The average Bonchev–Trinajstić information content (AvgIpc) is 2.63. The van der Waals surface area contributed by atoms with Crippen LogP contribution < -0.4 is 10.2 Å². The third kappa shape index (κ3) is 4.94. The Balaban J connectivity index is 1.58. The Bertz CT molecular complexity index is 537. The molecule has 0 amide bonds. The highest BCUT2D eigenvalue weighted by molar-refractivity contribution is 5.54. The third-order valence-corrected chi connectivity index (χ3v) is 5.80. The van der Waals surface area contributed by atoms with Crippen molar-refractivity contribution in [2.45, 2.75) is 43.9 Å². The van der Waals surface area contributed by atoms with Crippen LogP contribution >= 0.6 is 0 Å². The van der Waals surface area contributed by atoms with E-state index in [4.69, 9.17) is 4.74 Å². The minimum Gasteiger partial charge on any atom is -0.388 e. The van der Waals surface area contributed by atoms with Crippen LogP contribution in [0.1, 0.15) is 31.2 Å². The molecule has 2 N–H and O–H groups in total. The first-order valence-electron chi connectivity index (χ1n) is 9.57. The van der Waals surface area contributed by atoms with E-state index in [0.29, 0.717) is 25.8 Å². The zero-order valence-electron chi connectivity index (χ0n) is 15.7. The maximum Gasteiger partial charge on any atom is 0.0815 e. The van der Waals surface area contributed by atoms with Crippen LogP contribution in [-0.2, 0) is 11.3 Å². The minimum atomic E-state index is -0.618. The number of anilines is 1. The van der Waals surface area contributed by atoms with Crippen molar-refractivity contribution in [3.63, 3.8) is 0 Å². The van der Waals surface area contributed by atoms with Gasteiger partial charge in [-0.3, -0.25) is 0 Å². The Morgan fingerprint density at radius 3 is 2.64 bits per heavy atom. The topological polar surface area (TPSA) is 48.0 Å². The molecule has 1 aromatic carbocycles. The summed E-state index contributed by atoms with van der Waals surface area (Å²) in [4.78, 5) is 4.86. The fraction of sp³-hybridized carbons (Fsp3) is 0.700.